The molecule has 0 aliphatic heterocycles. The van der Waals surface area contributed by atoms with E-state index in [4.69, 9.17) is 15.0 Å². The predicted octanol–water partition coefficient (Wildman–Crippen LogP) is 4.41. The summed E-state index contributed by atoms with van der Waals surface area (Å²) in [6.07, 6.45) is 0.901. The van der Waals surface area contributed by atoms with E-state index in [9.17, 15) is 9.59 Å². The molecule has 0 radical (unpaired) electrons. The van der Waals surface area contributed by atoms with E-state index in [0.717, 1.165) is 0 Å². The number of hydrogen-bond acceptors (Lipinski definition) is 5. The maximum absolute atomic E-state index is 12.6. The fourth-order valence-electron chi connectivity index (χ4n) is 2.33. The van der Waals surface area contributed by atoms with Crippen LogP contribution >= 0.6 is 0 Å². The van der Waals surface area contributed by atoms with E-state index >= 15 is 0 Å². The van der Waals surface area contributed by atoms with Gasteiger partial charge in [-0.15, -0.1) is 0 Å². The number of rotatable bonds is 9. The summed E-state index contributed by atoms with van der Waals surface area (Å²) in [4.78, 5) is 27.9. The number of nitrogens with zero attached hydrogens (tertiary/aromatic N) is 3. The Kier molecular flexibility index (Phi) is 12.7. The summed E-state index contributed by atoms with van der Waals surface area (Å²) < 4.78 is 10.1. The minimum Gasteiger partial charge on any atom is -0.354 e. The van der Waals surface area contributed by atoms with Crippen LogP contribution in [0, 0.1) is 0 Å². The number of ether oxygens (including phenoxy) is 2. The number of carbonyl (C=O) groups is 2. The zero-order valence-electron chi connectivity index (χ0n) is 16.0. The molecule has 0 bridgehead atoms. The average molecular weight is 428 g/mol. The lowest BCUT2D eigenvalue weighted by Gasteiger charge is -2.16. The Labute approximate surface area is 182 Å². The number of carbonyl (C=O) groups excluding carboxylic acids is 2. The number of hydrogen-bond donors (Lipinski definition) is 2. The molecule has 2 amide bonds. The van der Waals surface area contributed by atoms with Crippen molar-refractivity contribution < 1.29 is 19.1 Å². The second-order valence-corrected chi connectivity index (χ2v) is 5.77. The molecule has 0 aliphatic rings. The summed E-state index contributed by atoms with van der Waals surface area (Å²) in [5, 5.41) is 8.78. The first kappa shape index (κ1) is 27.4. The third kappa shape index (κ3) is 8.71. The van der Waals surface area contributed by atoms with Crippen LogP contribution in [0.15, 0.2) is 65.4 Å². The van der Waals surface area contributed by atoms with Gasteiger partial charge in [0.25, 0.3) is 11.8 Å². The smallest absolute Gasteiger partial charge is 0.267 e. The zero-order valence-corrected chi connectivity index (χ0v) is 16.0. The Bertz CT molecular complexity index is 903. The predicted molar refractivity (Wildman–Crippen MR) is 121 cm³/mol. The highest BCUT2D eigenvalue weighted by Gasteiger charge is 2.16. The molecule has 0 unspecified atom stereocenters. The van der Waals surface area contributed by atoms with Crippen LogP contribution in [0.5, 0.6) is 0 Å². The first-order valence-electron chi connectivity index (χ1n) is 8.64. The van der Waals surface area contributed by atoms with Gasteiger partial charge in [0, 0.05) is 30.4 Å². The molecule has 9 nitrogen and oxygen atoms in total. The molecule has 2 rings (SSSR count). The van der Waals surface area contributed by atoms with E-state index in [-0.39, 0.29) is 27.1 Å². The molecule has 0 fully saturated rings. The largest absolute Gasteiger partial charge is 0.354 e. The number of nitrogens with one attached hydrogen (secondary N) is 2. The third-order valence-corrected chi connectivity index (χ3v) is 3.85. The van der Waals surface area contributed by atoms with Crippen molar-refractivity contribution >= 4 is 23.6 Å². The summed E-state index contributed by atoms with van der Waals surface area (Å²) in [6, 6.07) is 15.1. The van der Waals surface area contributed by atoms with Crippen molar-refractivity contribution in [3.05, 3.63) is 81.9 Å². The Morgan fingerprint density at radius 1 is 1.06 bits per heavy atom. The van der Waals surface area contributed by atoms with Gasteiger partial charge in [0.05, 0.1) is 6.54 Å². The zero-order chi connectivity index (χ0) is 21.1. The second-order valence-electron chi connectivity index (χ2n) is 5.77. The number of benzene rings is 2. The molecule has 0 saturated heterocycles. The van der Waals surface area contributed by atoms with Gasteiger partial charge >= 0.3 is 0 Å². The van der Waals surface area contributed by atoms with Crippen molar-refractivity contribution in [1.82, 2.24) is 10.6 Å². The Hall–Kier alpha value is -3.65. The molecule has 0 aromatic heterocycles. The van der Waals surface area contributed by atoms with Crippen LogP contribution in [-0.4, -0.2) is 38.9 Å². The van der Waals surface area contributed by atoms with Crippen molar-refractivity contribution in [2.24, 2.45) is 5.11 Å². The van der Waals surface area contributed by atoms with Crippen molar-refractivity contribution in [3.8, 4) is 0 Å². The molecule has 0 aliphatic carbocycles. The van der Waals surface area contributed by atoms with Crippen molar-refractivity contribution in [2.75, 3.05) is 20.8 Å². The monoisotopic (exact) mass is 427 g/mol. The molecule has 166 valence electrons. The minimum atomic E-state index is -0.617. The second kappa shape index (κ2) is 14.4. The quantitative estimate of drug-likeness (QED) is 0.202. The minimum absolute atomic E-state index is 0. The lowest BCUT2D eigenvalue weighted by atomic mass is 10.1. The van der Waals surface area contributed by atoms with Gasteiger partial charge in [0.15, 0.2) is 6.29 Å². The molecule has 9 heteroatoms. The fourth-order valence-corrected chi connectivity index (χ4v) is 2.33. The maximum atomic E-state index is 12.6. The van der Waals surface area contributed by atoms with Crippen LogP contribution in [0.2, 0.25) is 0 Å². The molecular formula is C22H29N5O4. The molecule has 0 atom stereocenters. The topological polar surface area (TPSA) is 125 Å². The summed E-state index contributed by atoms with van der Waals surface area (Å²) in [5.41, 5.74) is 10.0. The van der Waals surface area contributed by atoms with Gasteiger partial charge in [-0.3, -0.25) is 9.59 Å². The molecule has 31 heavy (non-hydrogen) atoms. The van der Waals surface area contributed by atoms with Crippen LogP contribution in [0.1, 0.15) is 30.8 Å². The number of methoxy groups -OCH3 is 2. The van der Waals surface area contributed by atoms with Gasteiger partial charge in [-0.05, 0) is 29.3 Å². The van der Waals surface area contributed by atoms with Gasteiger partial charge < -0.3 is 20.1 Å². The molecule has 2 aromatic carbocycles. The summed E-state index contributed by atoms with van der Waals surface area (Å²) >= 11 is 0. The highest BCUT2D eigenvalue weighted by Crippen LogP contribution is 2.15. The maximum Gasteiger partial charge on any atom is 0.267 e. The Morgan fingerprint density at radius 3 is 2.23 bits per heavy atom. The van der Waals surface area contributed by atoms with Gasteiger partial charge in [0.2, 0.25) is 0 Å². The van der Waals surface area contributed by atoms with E-state index < -0.39 is 18.1 Å². The van der Waals surface area contributed by atoms with Gasteiger partial charge in [-0.25, -0.2) is 0 Å². The normalized spacial score (nSPS) is 10.2. The van der Waals surface area contributed by atoms with Crippen molar-refractivity contribution in [2.45, 2.75) is 21.1 Å². The van der Waals surface area contributed by atoms with Crippen LogP contribution < -0.4 is 10.6 Å². The number of amides is 2. The number of azide groups is 1. The van der Waals surface area contributed by atoms with Crippen molar-refractivity contribution in [3.63, 3.8) is 0 Å². The van der Waals surface area contributed by atoms with Crippen LogP contribution in [0.25, 0.3) is 16.5 Å². The lowest BCUT2D eigenvalue weighted by Crippen LogP contribution is -2.39. The SMILES string of the molecule is C.C.COC(CNC(=O)/C(=C\c1ccc(N=[N+]=[N-])cc1)NC(=O)c1ccccc1)OC. The summed E-state index contributed by atoms with van der Waals surface area (Å²) in [5.74, 6) is -0.930. The standard InChI is InChI=1S/C20H21N5O4.2CH4/c1-28-18(29-2)13-22-20(27)17(23-19(26)15-6-4-3-5-7-15)12-14-8-10-16(11-9-14)24-25-21;;/h3-12,18H,13H2,1-2H3,(H,22,27)(H,23,26);2*1H4/b17-12+;;. The first-order chi connectivity index (χ1) is 14.1. The van der Waals surface area contributed by atoms with Crippen LogP contribution in [0.4, 0.5) is 5.69 Å². The molecular weight excluding hydrogens is 398 g/mol. The Balaban J connectivity index is 0.00000450. The highest BCUT2D eigenvalue weighted by atomic mass is 16.7. The highest BCUT2D eigenvalue weighted by molar-refractivity contribution is 6.05. The van der Waals surface area contributed by atoms with E-state index in [1.165, 1.54) is 20.3 Å². The summed E-state index contributed by atoms with van der Waals surface area (Å²) in [7, 11) is 2.92. The molecule has 0 saturated carbocycles. The molecule has 2 aromatic rings. The summed E-state index contributed by atoms with van der Waals surface area (Å²) in [6.45, 7) is 0.0974. The van der Waals surface area contributed by atoms with Crippen LogP contribution in [0.3, 0.4) is 0 Å². The van der Waals surface area contributed by atoms with Gasteiger partial charge in [-0.2, -0.15) is 0 Å². The van der Waals surface area contributed by atoms with Gasteiger partial charge in [0.1, 0.15) is 5.70 Å². The third-order valence-electron chi connectivity index (χ3n) is 3.85. The van der Waals surface area contributed by atoms with Crippen LogP contribution in [-0.2, 0) is 14.3 Å². The van der Waals surface area contributed by atoms with E-state index in [0.29, 0.717) is 16.8 Å². The Morgan fingerprint density at radius 2 is 1.68 bits per heavy atom. The average Bonchev–Trinajstić information content (AvgIpc) is 2.76. The van der Waals surface area contributed by atoms with E-state index in [1.807, 2.05) is 0 Å². The van der Waals surface area contributed by atoms with Crippen molar-refractivity contribution in [1.29, 1.82) is 0 Å². The molecule has 0 spiro atoms. The first-order valence-corrected chi connectivity index (χ1v) is 8.64. The molecule has 2 N–H and O–H groups in total. The van der Waals surface area contributed by atoms with E-state index in [2.05, 4.69) is 20.7 Å². The molecule has 0 heterocycles. The van der Waals surface area contributed by atoms with E-state index in [1.54, 1.807) is 54.6 Å². The fraction of sp³-hybridized carbons (Fsp3) is 0.273. The van der Waals surface area contributed by atoms with Gasteiger partial charge in [-0.1, -0.05) is 62.4 Å². The lowest BCUT2D eigenvalue weighted by molar-refractivity contribution is -0.124.